The van der Waals surface area contributed by atoms with Crippen molar-refractivity contribution >= 4 is 33.0 Å². The fourth-order valence-electron chi connectivity index (χ4n) is 2.05. The fraction of sp³-hybridized carbons (Fsp3) is 0.286. The van der Waals surface area contributed by atoms with Crippen molar-refractivity contribution < 1.29 is 13.2 Å². The van der Waals surface area contributed by atoms with Crippen LogP contribution in [0, 0.1) is 0 Å². The highest BCUT2D eigenvalue weighted by molar-refractivity contribution is 9.10. The molecule has 7 heteroatoms. The molecule has 0 bridgehead atoms. The zero-order valence-corrected chi connectivity index (χ0v) is 13.6. The molecule has 0 spiro atoms. The van der Waals surface area contributed by atoms with Crippen molar-refractivity contribution in [2.45, 2.75) is 19.3 Å². The van der Waals surface area contributed by atoms with Crippen molar-refractivity contribution in [1.29, 1.82) is 0 Å². The molecular weight excluding hydrogens is 365 g/mol. The third kappa shape index (κ3) is 3.99. The molecule has 2 nitrogen and oxygen atoms in total. The van der Waals surface area contributed by atoms with Gasteiger partial charge in [0, 0.05) is 34.0 Å². The number of anilines is 1. The van der Waals surface area contributed by atoms with Gasteiger partial charge in [0.2, 0.25) is 0 Å². The molecule has 2 N–H and O–H groups in total. The molecule has 0 aliphatic heterocycles. The Morgan fingerprint density at radius 3 is 2.52 bits per heavy atom. The molecule has 0 amide bonds. The fourth-order valence-corrected chi connectivity index (χ4v) is 3.56. The van der Waals surface area contributed by atoms with Crippen molar-refractivity contribution in [3.8, 4) is 0 Å². The summed E-state index contributed by atoms with van der Waals surface area (Å²) >= 11 is 4.98. The van der Waals surface area contributed by atoms with Gasteiger partial charge in [-0.05, 0) is 45.8 Å². The van der Waals surface area contributed by atoms with Crippen LogP contribution in [0.2, 0.25) is 0 Å². The maximum Gasteiger partial charge on any atom is 0.416 e. The van der Waals surface area contributed by atoms with Crippen LogP contribution in [0.15, 0.2) is 34.1 Å². The van der Waals surface area contributed by atoms with Crippen molar-refractivity contribution in [3.05, 3.63) is 50.1 Å². The standard InChI is InChI=1S/C14H14BrF3N2S/c1-20(7-12-5-11(15)8-21-12)13-3-2-10(14(16,17)18)4-9(13)6-19/h2-5,8H,6-7,19H2,1H3. The summed E-state index contributed by atoms with van der Waals surface area (Å²) in [7, 11) is 1.84. The second kappa shape index (κ2) is 6.37. The van der Waals surface area contributed by atoms with Gasteiger partial charge in [-0.3, -0.25) is 0 Å². The monoisotopic (exact) mass is 378 g/mol. The SMILES string of the molecule is CN(Cc1cc(Br)cs1)c1ccc(C(F)(F)F)cc1CN. The number of nitrogens with zero attached hydrogens (tertiary/aromatic N) is 1. The van der Waals surface area contributed by atoms with E-state index in [-0.39, 0.29) is 6.54 Å². The Morgan fingerprint density at radius 2 is 2.00 bits per heavy atom. The zero-order valence-electron chi connectivity index (χ0n) is 11.2. The second-order valence-electron chi connectivity index (χ2n) is 4.63. The predicted molar refractivity (Wildman–Crippen MR) is 83.5 cm³/mol. The summed E-state index contributed by atoms with van der Waals surface area (Å²) in [6.07, 6.45) is -4.35. The molecule has 0 atom stereocenters. The maximum absolute atomic E-state index is 12.7. The van der Waals surface area contributed by atoms with Crippen LogP contribution in [0.4, 0.5) is 18.9 Å². The van der Waals surface area contributed by atoms with Crippen molar-refractivity contribution in [3.63, 3.8) is 0 Å². The van der Waals surface area contributed by atoms with Crippen LogP contribution >= 0.6 is 27.3 Å². The zero-order chi connectivity index (χ0) is 15.6. The van der Waals surface area contributed by atoms with Gasteiger partial charge in [-0.15, -0.1) is 11.3 Å². The van der Waals surface area contributed by atoms with E-state index in [9.17, 15) is 13.2 Å². The Labute approximate surface area is 133 Å². The highest BCUT2D eigenvalue weighted by atomic mass is 79.9. The van der Waals surface area contributed by atoms with E-state index < -0.39 is 11.7 Å². The lowest BCUT2D eigenvalue weighted by Crippen LogP contribution is -2.19. The average molecular weight is 379 g/mol. The summed E-state index contributed by atoms with van der Waals surface area (Å²) in [5.41, 5.74) is 6.14. The van der Waals surface area contributed by atoms with E-state index in [1.807, 2.05) is 23.4 Å². The summed E-state index contributed by atoms with van der Waals surface area (Å²) in [5, 5.41) is 1.97. The molecule has 0 fully saturated rings. The highest BCUT2D eigenvalue weighted by Crippen LogP contribution is 2.33. The Morgan fingerprint density at radius 1 is 1.29 bits per heavy atom. The average Bonchev–Trinajstić information content (AvgIpc) is 2.82. The number of alkyl halides is 3. The van der Waals surface area contributed by atoms with Crippen LogP contribution in [-0.4, -0.2) is 7.05 Å². The molecule has 1 aromatic carbocycles. The first kappa shape index (κ1) is 16.3. The lowest BCUT2D eigenvalue weighted by Gasteiger charge is -2.22. The number of benzene rings is 1. The Hall–Kier alpha value is -1.05. The molecule has 0 radical (unpaired) electrons. The molecule has 1 aromatic heterocycles. The molecule has 0 saturated heterocycles. The minimum atomic E-state index is -4.35. The number of halogens is 4. The Bertz CT molecular complexity index is 625. The summed E-state index contributed by atoms with van der Waals surface area (Å²) in [4.78, 5) is 3.02. The second-order valence-corrected chi connectivity index (χ2v) is 6.54. The van der Waals surface area contributed by atoms with E-state index in [4.69, 9.17) is 5.73 Å². The molecule has 2 aromatic rings. The molecule has 1 heterocycles. The van der Waals surface area contributed by atoms with Gasteiger partial charge in [0.1, 0.15) is 0 Å². The summed E-state index contributed by atoms with van der Waals surface area (Å²) in [6, 6.07) is 5.69. The predicted octanol–water partition coefficient (Wildman–Crippen LogP) is 4.62. The van der Waals surface area contributed by atoms with Crippen LogP contribution in [0.25, 0.3) is 0 Å². The van der Waals surface area contributed by atoms with Crippen molar-refractivity contribution in [1.82, 2.24) is 0 Å². The van der Waals surface area contributed by atoms with E-state index in [2.05, 4.69) is 15.9 Å². The third-order valence-corrected chi connectivity index (χ3v) is 4.74. The number of hydrogen-bond donors (Lipinski definition) is 1. The summed E-state index contributed by atoms with van der Waals surface area (Å²) in [6.45, 7) is 0.687. The maximum atomic E-state index is 12.7. The molecule has 0 saturated carbocycles. The molecule has 114 valence electrons. The topological polar surface area (TPSA) is 29.3 Å². The minimum absolute atomic E-state index is 0.0672. The van der Waals surface area contributed by atoms with Crippen molar-refractivity contribution in [2.75, 3.05) is 11.9 Å². The number of hydrogen-bond acceptors (Lipinski definition) is 3. The van der Waals surface area contributed by atoms with Crippen LogP contribution in [-0.2, 0) is 19.3 Å². The van der Waals surface area contributed by atoms with Crippen LogP contribution in [0.3, 0.4) is 0 Å². The van der Waals surface area contributed by atoms with Gasteiger partial charge in [-0.25, -0.2) is 0 Å². The Balaban J connectivity index is 2.26. The lowest BCUT2D eigenvalue weighted by molar-refractivity contribution is -0.137. The molecule has 2 rings (SSSR count). The number of rotatable bonds is 4. The van der Waals surface area contributed by atoms with E-state index in [0.29, 0.717) is 12.1 Å². The van der Waals surface area contributed by atoms with E-state index >= 15 is 0 Å². The minimum Gasteiger partial charge on any atom is -0.369 e. The highest BCUT2D eigenvalue weighted by Gasteiger charge is 2.31. The number of thiophene rings is 1. The first-order chi connectivity index (χ1) is 9.81. The Kier molecular flexibility index (Phi) is 4.95. The van der Waals surface area contributed by atoms with E-state index in [0.717, 1.165) is 27.2 Å². The third-order valence-electron chi connectivity index (χ3n) is 3.05. The first-order valence-electron chi connectivity index (χ1n) is 6.15. The quantitative estimate of drug-likeness (QED) is 0.840. The van der Waals surface area contributed by atoms with E-state index in [1.54, 1.807) is 11.3 Å². The van der Waals surface area contributed by atoms with Crippen LogP contribution < -0.4 is 10.6 Å². The van der Waals surface area contributed by atoms with Gasteiger partial charge < -0.3 is 10.6 Å². The largest absolute Gasteiger partial charge is 0.416 e. The molecule has 21 heavy (non-hydrogen) atoms. The first-order valence-corrected chi connectivity index (χ1v) is 7.82. The normalized spacial score (nSPS) is 11.7. The molecule has 0 aliphatic rings. The van der Waals surface area contributed by atoms with Gasteiger partial charge in [-0.1, -0.05) is 0 Å². The van der Waals surface area contributed by atoms with Gasteiger partial charge in [0.15, 0.2) is 0 Å². The molecule has 0 aliphatic carbocycles. The van der Waals surface area contributed by atoms with E-state index in [1.165, 1.54) is 6.07 Å². The molecule has 0 unspecified atom stereocenters. The van der Waals surface area contributed by atoms with Gasteiger partial charge in [0.25, 0.3) is 0 Å². The lowest BCUT2D eigenvalue weighted by atomic mass is 10.1. The number of nitrogens with two attached hydrogens (primary N) is 1. The van der Waals surface area contributed by atoms with Gasteiger partial charge in [-0.2, -0.15) is 13.2 Å². The van der Waals surface area contributed by atoms with Crippen LogP contribution in [0.1, 0.15) is 16.0 Å². The van der Waals surface area contributed by atoms with Crippen LogP contribution in [0.5, 0.6) is 0 Å². The summed E-state index contributed by atoms with van der Waals surface area (Å²) < 4.78 is 39.2. The smallest absolute Gasteiger partial charge is 0.369 e. The van der Waals surface area contributed by atoms with Gasteiger partial charge >= 0.3 is 6.18 Å². The van der Waals surface area contributed by atoms with Crippen molar-refractivity contribution in [2.24, 2.45) is 5.73 Å². The molecular formula is C14H14BrF3N2S. The summed E-state index contributed by atoms with van der Waals surface area (Å²) in [5.74, 6) is 0. The van der Waals surface area contributed by atoms with Gasteiger partial charge in [0.05, 0.1) is 12.1 Å².